The molecule has 1 aromatic carbocycles. The summed E-state index contributed by atoms with van der Waals surface area (Å²) >= 11 is 0. The van der Waals surface area contributed by atoms with Gasteiger partial charge in [0.05, 0.1) is 16.6 Å². The first-order valence-electron chi connectivity index (χ1n) is 6.35. The van der Waals surface area contributed by atoms with Gasteiger partial charge in [0.2, 0.25) is 0 Å². The summed E-state index contributed by atoms with van der Waals surface area (Å²) in [6.07, 6.45) is 0.00835. The average molecular weight is 280 g/mol. The van der Waals surface area contributed by atoms with E-state index in [4.69, 9.17) is 0 Å². The largest absolute Gasteiger partial charge is 0.478 e. The van der Waals surface area contributed by atoms with Crippen LogP contribution in [0.3, 0.4) is 0 Å². The number of hydrogen-bond acceptors (Lipinski definition) is 5. The van der Waals surface area contributed by atoms with E-state index in [0.717, 1.165) is 0 Å². The Morgan fingerprint density at radius 3 is 2.75 bits per heavy atom. The quantitative estimate of drug-likeness (QED) is 0.642. The second-order valence-corrected chi connectivity index (χ2v) is 5.01. The number of rotatable bonds is 3. The number of nitro groups is 1. The van der Waals surface area contributed by atoms with Crippen molar-refractivity contribution in [3.05, 3.63) is 33.9 Å². The van der Waals surface area contributed by atoms with E-state index in [1.54, 1.807) is 4.90 Å². The minimum absolute atomic E-state index is 0.0646. The number of hydrogen-bond donors (Lipinski definition) is 2. The van der Waals surface area contributed by atoms with Crippen molar-refractivity contribution in [2.24, 2.45) is 5.92 Å². The molecule has 1 saturated heterocycles. The fourth-order valence-corrected chi connectivity index (χ4v) is 2.52. The van der Waals surface area contributed by atoms with Gasteiger partial charge in [-0.1, -0.05) is 13.0 Å². The molecule has 0 aliphatic carbocycles. The topological polar surface area (TPSA) is 104 Å². The van der Waals surface area contributed by atoms with Gasteiger partial charge in [-0.05, 0) is 18.4 Å². The van der Waals surface area contributed by atoms with Gasteiger partial charge < -0.3 is 15.1 Å². The number of nitro benzene ring substituents is 1. The summed E-state index contributed by atoms with van der Waals surface area (Å²) in [5.41, 5.74) is -0.167. The number of carboxylic acid groups (broad SMARTS) is 1. The third-order valence-corrected chi connectivity index (χ3v) is 3.62. The van der Waals surface area contributed by atoms with Gasteiger partial charge in [-0.2, -0.15) is 0 Å². The number of aliphatic hydroxyl groups excluding tert-OH is 1. The van der Waals surface area contributed by atoms with E-state index < -0.39 is 17.0 Å². The molecular formula is C13H16N2O5. The van der Waals surface area contributed by atoms with Gasteiger partial charge >= 0.3 is 5.97 Å². The second-order valence-electron chi connectivity index (χ2n) is 5.01. The molecule has 2 rings (SSSR count). The number of anilines is 1. The Bertz CT molecular complexity index is 513. The summed E-state index contributed by atoms with van der Waals surface area (Å²) in [7, 11) is 0. The standard InChI is InChI=1S/C13H16N2O5/c1-8-7-14(6-5-11(8)16)12-9(13(17)18)3-2-4-10(12)15(19)20/h2-4,8,11,16H,5-7H2,1H3,(H,17,18). The van der Waals surface area contributed by atoms with E-state index in [9.17, 15) is 25.1 Å². The summed E-state index contributed by atoms with van der Waals surface area (Å²) in [5.74, 6) is -1.26. The summed E-state index contributed by atoms with van der Waals surface area (Å²) < 4.78 is 0. The van der Waals surface area contributed by atoms with Gasteiger partial charge in [0.1, 0.15) is 5.69 Å². The maximum absolute atomic E-state index is 11.3. The van der Waals surface area contributed by atoms with Crippen molar-refractivity contribution in [2.45, 2.75) is 19.4 Å². The molecule has 108 valence electrons. The highest BCUT2D eigenvalue weighted by Crippen LogP contribution is 2.34. The lowest BCUT2D eigenvalue weighted by atomic mass is 9.95. The van der Waals surface area contributed by atoms with Crippen LogP contribution in [0, 0.1) is 16.0 Å². The maximum Gasteiger partial charge on any atom is 0.338 e. The van der Waals surface area contributed by atoms with Crippen molar-refractivity contribution < 1.29 is 19.9 Å². The maximum atomic E-state index is 11.3. The molecule has 0 spiro atoms. The molecule has 2 atom stereocenters. The number of aromatic carboxylic acids is 1. The molecule has 0 radical (unpaired) electrons. The van der Waals surface area contributed by atoms with Gasteiger partial charge in [0.15, 0.2) is 0 Å². The van der Waals surface area contributed by atoms with Crippen LogP contribution < -0.4 is 4.90 Å². The number of carbonyl (C=O) groups is 1. The van der Waals surface area contributed by atoms with E-state index in [1.807, 2.05) is 6.92 Å². The molecule has 0 bridgehead atoms. The van der Waals surface area contributed by atoms with Crippen LogP contribution in [0.2, 0.25) is 0 Å². The summed E-state index contributed by atoms with van der Waals surface area (Å²) in [5, 5.41) is 30.1. The predicted molar refractivity (Wildman–Crippen MR) is 72.1 cm³/mol. The number of para-hydroxylation sites is 1. The smallest absolute Gasteiger partial charge is 0.338 e. The Balaban J connectivity index is 2.48. The average Bonchev–Trinajstić information content (AvgIpc) is 2.41. The third-order valence-electron chi connectivity index (χ3n) is 3.62. The normalized spacial score (nSPS) is 22.6. The molecular weight excluding hydrogens is 264 g/mol. The van der Waals surface area contributed by atoms with Crippen molar-refractivity contribution in [2.75, 3.05) is 18.0 Å². The van der Waals surface area contributed by atoms with Crippen LogP contribution >= 0.6 is 0 Å². The second kappa shape index (κ2) is 5.46. The first kappa shape index (κ1) is 14.3. The number of aliphatic hydroxyl groups is 1. The monoisotopic (exact) mass is 280 g/mol. The SMILES string of the molecule is CC1CN(c2c(C(=O)O)cccc2[N+](=O)[O-])CCC1O. The molecule has 1 aliphatic heterocycles. The van der Waals surface area contributed by atoms with Gasteiger partial charge in [0, 0.05) is 19.2 Å². The summed E-state index contributed by atoms with van der Waals surface area (Å²) in [6.45, 7) is 2.63. The molecule has 0 saturated carbocycles. The van der Waals surface area contributed by atoms with E-state index in [-0.39, 0.29) is 22.9 Å². The van der Waals surface area contributed by atoms with Crippen molar-refractivity contribution in [1.82, 2.24) is 0 Å². The minimum atomic E-state index is -1.19. The fraction of sp³-hybridized carbons (Fsp3) is 0.462. The lowest BCUT2D eigenvalue weighted by Crippen LogP contribution is -2.42. The first-order valence-corrected chi connectivity index (χ1v) is 6.35. The zero-order chi connectivity index (χ0) is 14.9. The Labute approximate surface area is 115 Å². The van der Waals surface area contributed by atoms with Crippen molar-refractivity contribution in [1.29, 1.82) is 0 Å². The zero-order valence-corrected chi connectivity index (χ0v) is 11.0. The van der Waals surface area contributed by atoms with Crippen molar-refractivity contribution in [3.8, 4) is 0 Å². The van der Waals surface area contributed by atoms with Crippen LogP contribution in [0.15, 0.2) is 18.2 Å². The van der Waals surface area contributed by atoms with E-state index in [2.05, 4.69) is 0 Å². The highest BCUT2D eigenvalue weighted by Gasteiger charge is 2.31. The molecule has 1 aromatic rings. The lowest BCUT2D eigenvalue weighted by Gasteiger charge is -2.36. The van der Waals surface area contributed by atoms with Gasteiger partial charge in [0.25, 0.3) is 5.69 Å². The van der Waals surface area contributed by atoms with Crippen LogP contribution in [0.25, 0.3) is 0 Å². The molecule has 7 nitrogen and oxygen atoms in total. The third kappa shape index (κ3) is 2.57. The molecule has 2 unspecified atom stereocenters. The molecule has 0 amide bonds. The molecule has 0 aromatic heterocycles. The van der Waals surface area contributed by atoms with E-state index >= 15 is 0 Å². The minimum Gasteiger partial charge on any atom is -0.478 e. The Kier molecular flexibility index (Phi) is 3.89. The molecule has 1 heterocycles. The highest BCUT2D eigenvalue weighted by atomic mass is 16.6. The number of nitrogens with zero attached hydrogens (tertiary/aromatic N) is 2. The Morgan fingerprint density at radius 2 is 2.20 bits per heavy atom. The molecule has 1 fully saturated rings. The zero-order valence-electron chi connectivity index (χ0n) is 11.0. The first-order chi connectivity index (χ1) is 9.41. The lowest BCUT2D eigenvalue weighted by molar-refractivity contribution is -0.384. The van der Waals surface area contributed by atoms with Gasteiger partial charge in [-0.25, -0.2) is 4.79 Å². The molecule has 7 heteroatoms. The van der Waals surface area contributed by atoms with Gasteiger partial charge in [-0.15, -0.1) is 0 Å². The van der Waals surface area contributed by atoms with Crippen LogP contribution in [-0.4, -0.2) is 40.3 Å². The van der Waals surface area contributed by atoms with E-state index in [0.29, 0.717) is 19.5 Å². The van der Waals surface area contributed by atoms with E-state index in [1.165, 1.54) is 18.2 Å². The highest BCUT2D eigenvalue weighted by molar-refractivity contribution is 5.97. The summed E-state index contributed by atoms with van der Waals surface area (Å²) in [6, 6.07) is 4.03. The molecule has 1 aliphatic rings. The number of carboxylic acids is 1. The van der Waals surface area contributed by atoms with Crippen molar-refractivity contribution >= 4 is 17.3 Å². The van der Waals surface area contributed by atoms with Gasteiger partial charge in [-0.3, -0.25) is 10.1 Å². The van der Waals surface area contributed by atoms with Crippen LogP contribution in [0.4, 0.5) is 11.4 Å². The molecule has 20 heavy (non-hydrogen) atoms. The Morgan fingerprint density at radius 1 is 1.50 bits per heavy atom. The van der Waals surface area contributed by atoms with Crippen LogP contribution in [0.1, 0.15) is 23.7 Å². The molecule has 2 N–H and O–H groups in total. The van der Waals surface area contributed by atoms with Crippen molar-refractivity contribution in [3.63, 3.8) is 0 Å². The van der Waals surface area contributed by atoms with Crippen LogP contribution in [0.5, 0.6) is 0 Å². The Hall–Kier alpha value is -2.15. The number of piperidine rings is 1. The van der Waals surface area contributed by atoms with Crippen LogP contribution in [-0.2, 0) is 0 Å². The summed E-state index contributed by atoms with van der Waals surface area (Å²) in [4.78, 5) is 23.5. The predicted octanol–water partition coefficient (Wildman–Crippen LogP) is 1.50. The fourth-order valence-electron chi connectivity index (χ4n) is 2.52. The number of benzene rings is 1.